The van der Waals surface area contributed by atoms with Gasteiger partial charge >= 0.3 is 0 Å². The fraction of sp³-hybridized carbons (Fsp3) is 0. The molecule has 0 aliphatic carbocycles. The summed E-state index contributed by atoms with van der Waals surface area (Å²) in [5.41, 5.74) is 1.34. The van der Waals surface area contributed by atoms with Gasteiger partial charge in [-0.25, -0.2) is 0 Å². The van der Waals surface area contributed by atoms with Crippen LogP contribution in [-0.4, -0.2) is 5.78 Å². The molecular formula is C13H6Br2O2S. The van der Waals surface area contributed by atoms with E-state index in [9.17, 15) is 4.79 Å². The number of carbonyl (C=O) groups is 1. The van der Waals surface area contributed by atoms with Crippen molar-refractivity contribution >= 4 is 59.9 Å². The lowest BCUT2D eigenvalue weighted by atomic mass is 10.1. The molecule has 0 N–H and O–H groups in total. The minimum atomic E-state index is -0.111. The maximum atomic E-state index is 12.3. The SMILES string of the molecule is O=C(c1cc2ccccc2o1)c1cc(Br)sc1Br. The third-order valence-electron chi connectivity index (χ3n) is 2.55. The lowest BCUT2D eigenvalue weighted by molar-refractivity contribution is 0.101. The molecule has 0 aliphatic heterocycles. The number of carbonyl (C=O) groups excluding carboxylic acids is 1. The predicted molar refractivity (Wildman–Crippen MR) is 79.4 cm³/mol. The standard InChI is InChI=1S/C13H6Br2O2S/c14-11-6-8(13(15)18-11)12(16)10-5-7-3-1-2-4-9(7)17-10/h1-6H. The second-order valence-electron chi connectivity index (χ2n) is 3.72. The Balaban J connectivity index is 2.09. The van der Waals surface area contributed by atoms with Crippen molar-refractivity contribution in [2.75, 3.05) is 0 Å². The van der Waals surface area contributed by atoms with E-state index in [0.29, 0.717) is 11.3 Å². The van der Waals surface area contributed by atoms with E-state index in [1.807, 2.05) is 24.3 Å². The molecule has 1 aromatic carbocycles. The van der Waals surface area contributed by atoms with Crippen LogP contribution in [0.5, 0.6) is 0 Å². The second-order valence-corrected chi connectivity index (χ2v) is 7.46. The van der Waals surface area contributed by atoms with Gasteiger partial charge in [-0.3, -0.25) is 4.79 Å². The van der Waals surface area contributed by atoms with Crippen LogP contribution >= 0.6 is 43.2 Å². The highest BCUT2D eigenvalue weighted by Gasteiger charge is 2.19. The number of thiophene rings is 1. The predicted octanol–water partition coefficient (Wildman–Crippen LogP) is 5.25. The monoisotopic (exact) mass is 384 g/mol. The highest BCUT2D eigenvalue weighted by atomic mass is 79.9. The average Bonchev–Trinajstić information content (AvgIpc) is 2.91. The molecule has 0 spiro atoms. The maximum absolute atomic E-state index is 12.3. The van der Waals surface area contributed by atoms with Gasteiger partial charge in [0.15, 0.2) is 5.76 Å². The Hall–Kier alpha value is -0.910. The summed E-state index contributed by atoms with van der Waals surface area (Å²) in [4.78, 5) is 12.3. The van der Waals surface area contributed by atoms with Gasteiger partial charge in [0.2, 0.25) is 5.78 Å². The van der Waals surface area contributed by atoms with Crippen LogP contribution in [0, 0.1) is 0 Å². The number of hydrogen-bond donors (Lipinski definition) is 0. The van der Waals surface area contributed by atoms with Crippen molar-refractivity contribution in [3.63, 3.8) is 0 Å². The Bertz CT molecular complexity index is 709. The number of hydrogen-bond acceptors (Lipinski definition) is 3. The summed E-state index contributed by atoms with van der Waals surface area (Å²) in [5.74, 6) is 0.252. The summed E-state index contributed by atoms with van der Waals surface area (Å²) in [7, 11) is 0. The molecule has 0 unspecified atom stereocenters. The van der Waals surface area contributed by atoms with Crippen LogP contribution in [0.25, 0.3) is 11.0 Å². The normalized spacial score (nSPS) is 11.0. The molecule has 2 aromatic heterocycles. The maximum Gasteiger partial charge on any atom is 0.230 e. The van der Waals surface area contributed by atoms with Gasteiger partial charge < -0.3 is 4.42 Å². The Morgan fingerprint density at radius 3 is 2.61 bits per heavy atom. The molecule has 2 nitrogen and oxygen atoms in total. The molecule has 3 rings (SSSR count). The summed E-state index contributed by atoms with van der Waals surface area (Å²) in [6.07, 6.45) is 0. The van der Waals surface area contributed by atoms with E-state index in [4.69, 9.17) is 4.42 Å². The Kier molecular flexibility index (Phi) is 3.13. The third kappa shape index (κ3) is 2.06. The molecular weight excluding hydrogens is 380 g/mol. The Labute approximate surface area is 124 Å². The van der Waals surface area contributed by atoms with Gasteiger partial charge in [0.05, 0.1) is 13.1 Å². The van der Waals surface area contributed by atoms with Gasteiger partial charge in [-0.1, -0.05) is 18.2 Å². The van der Waals surface area contributed by atoms with E-state index in [-0.39, 0.29) is 5.78 Å². The fourth-order valence-corrected chi connectivity index (χ4v) is 4.52. The molecule has 18 heavy (non-hydrogen) atoms. The molecule has 90 valence electrons. The zero-order chi connectivity index (χ0) is 12.7. The molecule has 5 heteroatoms. The summed E-state index contributed by atoms with van der Waals surface area (Å²) in [6, 6.07) is 11.2. The molecule has 0 bridgehead atoms. The average molecular weight is 386 g/mol. The Morgan fingerprint density at radius 1 is 1.17 bits per heavy atom. The van der Waals surface area contributed by atoms with E-state index in [1.54, 1.807) is 12.1 Å². The third-order valence-corrected chi connectivity index (χ3v) is 4.89. The van der Waals surface area contributed by atoms with E-state index in [0.717, 1.165) is 18.5 Å². The highest BCUT2D eigenvalue weighted by molar-refractivity contribution is 9.12. The lowest BCUT2D eigenvalue weighted by Gasteiger charge is -1.93. The molecule has 0 amide bonds. The van der Waals surface area contributed by atoms with E-state index < -0.39 is 0 Å². The molecule has 0 saturated heterocycles. The van der Waals surface area contributed by atoms with Gasteiger partial charge in [-0.2, -0.15) is 0 Å². The van der Waals surface area contributed by atoms with Gasteiger partial charge in [-0.05, 0) is 50.1 Å². The van der Waals surface area contributed by atoms with Crippen LogP contribution in [0.1, 0.15) is 16.1 Å². The quantitative estimate of drug-likeness (QED) is 0.564. The Morgan fingerprint density at radius 2 is 1.94 bits per heavy atom. The zero-order valence-corrected chi connectivity index (χ0v) is 12.9. The van der Waals surface area contributed by atoms with Crippen LogP contribution in [0.2, 0.25) is 0 Å². The number of fused-ring (bicyclic) bond motifs is 1. The van der Waals surface area contributed by atoms with E-state index in [2.05, 4.69) is 31.9 Å². The number of halogens is 2. The minimum Gasteiger partial charge on any atom is -0.453 e. The van der Waals surface area contributed by atoms with Crippen LogP contribution in [0.3, 0.4) is 0 Å². The number of para-hydroxylation sites is 1. The first-order valence-corrected chi connectivity index (χ1v) is 7.53. The van der Waals surface area contributed by atoms with Gasteiger partial charge in [0, 0.05) is 5.39 Å². The van der Waals surface area contributed by atoms with Crippen molar-refractivity contribution in [2.45, 2.75) is 0 Å². The van der Waals surface area contributed by atoms with Crippen LogP contribution in [0.4, 0.5) is 0 Å². The number of furan rings is 1. The zero-order valence-electron chi connectivity index (χ0n) is 8.94. The van der Waals surface area contributed by atoms with Crippen LogP contribution < -0.4 is 0 Å². The summed E-state index contributed by atoms with van der Waals surface area (Å²) < 4.78 is 7.28. The van der Waals surface area contributed by atoms with Gasteiger partial charge in [-0.15, -0.1) is 11.3 Å². The summed E-state index contributed by atoms with van der Waals surface area (Å²) >= 11 is 8.22. The second kappa shape index (κ2) is 4.64. The molecule has 3 aromatic rings. The molecule has 0 aliphatic rings. The number of benzene rings is 1. The molecule has 0 fully saturated rings. The fourth-order valence-electron chi connectivity index (χ4n) is 1.72. The first-order valence-electron chi connectivity index (χ1n) is 5.13. The van der Waals surface area contributed by atoms with Crippen molar-refractivity contribution in [3.8, 4) is 0 Å². The van der Waals surface area contributed by atoms with Crippen LogP contribution in [-0.2, 0) is 0 Å². The van der Waals surface area contributed by atoms with Crippen molar-refractivity contribution in [2.24, 2.45) is 0 Å². The smallest absolute Gasteiger partial charge is 0.230 e. The van der Waals surface area contributed by atoms with Gasteiger partial charge in [0.25, 0.3) is 0 Å². The molecule has 0 atom stereocenters. The lowest BCUT2D eigenvalue weighted by Crippen LogP contribution is -1.97. The number of rotatable bonds is 2. The summed E-state index contributed by atoms with van der Waals surface area (Å²) in [6.45, 7) is 0. The van der Waals surface area contributed by atoms with Crippen molar-refractivity contribution in [1.82, 2.24) is 0 Å². The molecule has 0 radical (unpaired) electrons. The van der Waals surface area contributed by atoms with Gasteiger partial charge in [0.1, 0.15) is 5.58 Å². The summed E-state index contributed by atoms with van der Waals surface area (Å²) in [5, 5.41) is 0.936. The van der Waals surface area contributed by atoms with E-state index in [1.165, 1.54) is 11.3 Å². The molecule has 2 heterocycles. The number of ketones is 1. The first kappa shape index (κ1) is 12.1. The topological polar surface area (TPSA) is 30.2 Å². The van der Waals surface area contributed by atoms with Crippen molar-refractivity contribution in [1.29, 1.82) is 0 Å². The highest BCUT2D eigenvalue weighted by Crippen LogP contribution is 2.34. The first-order chi connectivity index (χ1) is 8.65. The largest absolute Gasteiger partial charge is 0.453 e. The minimum absolute atomic E-state index is 0.111. The van der Waals surface area contributed by atoms with Crippen LogP contribution in [0.15, 0.2) is 48.4 Å². The van der Waals surface area contributed by atoms with Crippen molar-refractivity contribution in [3.05, 3.63) is 55.3 Å². The van der Waals surface area contributed by atoms with Crippen molar-refractivity contribution < 1.29 is 9.21 Å². The van der Waals surface area contributed by atoms with E-state index >= 15 is 0 Å². The molecule has 0 saturated carbocycles.